The molecule has 1 aliphatic carbocycles. The highest BCUT2D eigenvalue weighted by Gasteiger charge is 2.48. The molecule has 37 heavy (non-hydrogen) atoms. The van der Waals surface area contributed by atoms with Crippen molar-refractivity contribution in [1.82, 2.24) is 29.5 Å². The maximum absolute atomic E-state index is 6.83. The van der Waals surface area contributed by atoms with Crippen LogP contribution in [0.2, 0.25) is 5.02 Å². The summed E-state index contributed by atoms with van der Waals surface area (Å²) in [7, 11) is 0. The van der Waals surface area contributed by atoms with E-state index in [2.05, 4.69) is 26.9 Å². The fourth-order valence-electron chi connectivity index (χ4n) is 6.03. The first-order valence-electron chi connectivity index (χ1n) is 12.2. The van der Waals surface area contributed by atoms with Gasteiger partial charge in [0.15, 0.2) is 5.82 Å². The molecule has 8 nitrogen and oxygen atoms in total. The number of anilines is 1. The van der Waals surface area contributed by atoms with E-state index in [1.54, 1.807) is 23.7 Å². The van der Waals surface area contributed by atoms with Crippen LogP contribution in [0.4, 0.5) is 5.82 Å². The first-order chi connectivity index (χ1) is 17.4. The summed E-state index contributed by atoms with van der Waals surface area (Å²) in [5.74, 6) is 0.954. The number of piperidine rings is 1. The third-order valence-corrected chi connectivity index (χ3v) is 9.37. The van der Waals surface area contributed by atoms with Gasteiger partial charge in [0, 0.05) is 42.0 Å². The smallest absolute Gasteiger partial charge is 0.155 e. The molecule has 1 saturated heterocycles. The molecule has 1 atom stereocenters. The zero-order valence-electron chi connectivity index (χ0n) is 20.5. The quantitative estimate of drug-likeness (QED) is 0.316. The van der Waals surface area contributed by atoms with Crippen LogP contribution in [0.15, 0.2) is 36.8 Å². The van der Waals surface area contributed by atoms with Crippen molar-refractivity contribution in [2.45, 2.75) is 39.2 Å². The molecule has 0 bridgehead atoms. The van der Waals surface area contributed by atoms with Gasteiger partial charge in [-0.25, -0.2) is 14.5 Å². The van der Waals surface area contributed by atoms with Crippen molar-refractivity contribution in [2.24, 2.45) is 11.1 Å². The maximum atomic E-state index is 6.83. The van der Waals surface area contributed by atoms with Gasteiger partial charge in [-0.3, -0.25) is 9.97 Å². The van der Waals surface area contributed by atoms with Crippen molar-refractivity contribution >= 4 is 57.7 Å². The van der Waals surface area contributed by atoms with Crippen molar-refractivity contribution in [3.8, 4) is 11.3 Å². The predicted molar refractivity (Wildman–Crippen MR) is 150 cm³/mol. The number of fused-ring (bicyclic) bond motifs is 3. The molecule has 2 aliphatic rings. The van der Waals surface area contributed by atoms with Gasteiger partial charge in [-0.2, -0.15) is 5.10 Å². The van der Waals surface area contributed by atoms with Crippen LogP contribution in [0.25, 0.3) is 27.8 Å². The van der Waals surface area contributed by atoms with Crippen LogP contribution in [-0.2, 0) is 6.42 Å². The van der Waals surface area contributed by atoms with E-state index in [1.807, 2.05) is 35.8 Å². The van der Waals surface area contributed by atoms with E-state index in [0.29, 0.717) is 10.5 Å². The lowest BCUT2D eigenvalue weighted by atomic mass is 9.74. The molecule has 190 valence electrons. The second-order valence-electron chi connectivity index (χ2n) is 9.90. The summed E-state index contributed by atoms with van der Waals surface area (Å²) in [6.07, 6.45) is 8.18. The van der Waals surface area contributed by atoms with Gasteiger partial charge >= 0.3 is 0 Å². The molecule has 0 radical (unpaired) electrons. The molecule has 2 N–H and O–H groups in total. The van der Waals surface area contributed by atoms with Gasteiger partial charge in [0.25, 0.3) is 0 Å². The Kier molecular flexibility index (Phi) is 5.87. The summed E-state index contributed by atoms with van der Waals surface area (Å²) in [5.41, 5.74) is 13.1. The Morgan fingerprint density at radius 1 is 1.05 bits per heavy atom. The highest BCUT2D eigenvalue weighted by atomic mass is 35.5. The number of hydrogen-bond donors (Lipinski definition) is 1. The number of halogens is 2. The van der Waals surface area contributed by atoms with E-state index in [-0.39, 0.29) is 23.9 Å². The molecular weight excluding hydrogens is 527 g/mol. The lowest BCUT2D eigenvalue weighted by molar-refractivity contribution is 0.187. The molecule has 0 amide bonds. The highest BCUT2D eigenvalue weighted by Crippen LogP contribution is 2.52. The molecule has 1 spiro atoms. The number of rotatable bonds is 2. The lowest BCUT2D eigenvalue weighted by Gasteiger charge is -2.42. The normalized spacial score (nSPS) is 18.5. The van der Waals surface area contributed by atoms with Crippen LogP contribution in [0.1, 0.15) is 40.2 Å². The Balaban J connectivity index is 0.00000252. The van der Waals surface area contributed by atoms with Gasteiger partial charge < -0.3 is 10.6 Å². The topological polar surface area (TPSA) is 98.1 Å². The average Bonchev–Trinajstić information content (AvgIpc) is 3.56. The first kappa shape index (κ1) is 24.5. The van der Waals surface area contributed by atoms with E-state index in [4.69, 9.17) is 27.3 Å². The van der Waals surface area contributed by atoms with E-state index in [9.17, 15) is 0 Å². The SMILES string of the molecule is Cc1nc2c(s1)[C@@H](N)C1(CCN(c3nc(C)c(-c4ccc5nccnc5c4Cl)n4nccc34)CC1)C2.Cl. The Labute approximate surface area is 229 Å². The number of thiazole rings is 1. The number of benzene rings is 1. The largest absolute Gasteiger partial charge is 0.355 e. The molecule has 0 unspecified atom stereocenters. The number of nitrogens with zero attached hydrogens (tertiary/aromatic N) is 7. The molecule has 0 saturated carbocycles. The van der Waals surface area contributed by atoms with E-state index >= 15 is 0 Å². The number of hydrogen-bond acceptors (Lipinski definition) is 8. The molecule has 1 aliphatic heterocycles. The number of aromatic nitrogens is 6. The monoisotopic (exact) mass is 552 g/mol. The standard InChI is InChI=1S/C26H25ClN8S.ClH/c1-14-22(16-3-4-17-21(20(16)27)30-10-9-29-17)35-19(5-8-31-35)25(32-14)34-11-6-26(7-12-34)13-18-23(24(26)28)36-15(2)33-18;/h3-5,8-10,24H,6-7,11-13,28H2,1-2H3;1H/t24-;/m1./s1. The van der Waals surface area contributed by atoms with E-state index in [0.717, 1.165) is 71.2 Å². The maximum Gasteiger partial charge on any atom is 0.155 e. The van der Waals surface area contributed by atoms with E-state index in [1.165, 1.54) is 10.6 Å². The minimum absolute atomic E-state index is 0. The molecule has 7 rings (SSSR count). The molecule has 4 aromatic heterocycles. The summed E-state index contributed by atoms with van der Waals surface area (Å²) in [6, 6.07) is 6.02. The Morgan fingerprint density at radius 3 is 2.62 bits per heavy atom. The van der Waals surface area contributed by atoms with Gasteiger partial charge in [-0.05, 0) is 56.7 Å². The Bertz CT molecular complexity index is 1650. The number of nitrogens with two attached hydrogens (primary N) is 1. The molecule has 5 aromatic rings. The van der Waals surface area contributed by atoms with Gasteiger partial charge in [0.05, 0.1) is 38.8 Å². The van der Waals surface area contributed by atoms with Gasteiger partial charge in [-0.15, -0.1) is 23.7 Å². The van der Waals surface area contributed by atoms with Gasteiger partial charge in [0.1, 0.15) is 11.0 Å². The fraction of sp³-hybridized carbons (Fsp3) is 0.346. The van der Waals surface area contributed by atoms with Crippen LogP contribution < -0.4 is 10.6 Å². The number of aryl methyl sites for hydroxylation is 2. The average molecular weight is 554 g/mol. The summed E-state index contributed by atoms with van der Waals surface area (Å²) < 4.78 is 1.96. The summed E-state index contributed by atoms with van der Waals surface area (Å²) in [6.45, 7) is 5.89. The highest BCUT2D eigenvalue weighted by molar-refractivity contribution is 7.11. The molecule has 1 aromatic carbocycles. The fourth-order valence-corrected chi connectivity index (χ4v) is 7.41. The molecule has 1 fully saturated rings. The molecule has 11 heteroatoms. The summed E-state index contributed by atoms with van der Waals surface area (Å²) >= 11 is 8.59. The second-order valence-corrected chi connectivity index (χ2v) is 11.5. The zero-order chi connectivity index (χ0) is 24.6. The van der Waals surface area contributed by atoms with Crippen molar-refractivity contribution in [3.05, 3.63) is 63.1 Å². The van der Waals surface area contributed by atoms with Crippen LogP contribution in [0, 0.1) is 19.3 Å². The first-order valence-corrected chi connectivity index (χ1v) is 13.4. The van der Waals surface area contributed by atoms with Crippen LogP contribution in [-0.4, -0.2) is 42.6 Å². The zero-order valence-corrected chi connectivity index (χ0v) is 22.9. The van der Waals surface area contributed by atoms with Crippen molar-refractivity contribution < 1.29 is 0 Å². The Hall–Kier alpha value is -2.85. The summed E-state index contributed by atoms with van der Waals surface area (Å²) in [5, 5.41) is 6.34. The van der Waals surface area contributed by atoms with Gasteiger partial charge in [-0.1, -0.05) is 11.6 Å². The molecule has 5 heterocycles. The van der Waals surface area contributed by atoms with Crippen LogP contribution in [0.5, 0.6) is 0 Å². The van der Waals surface area contributed by atoms with Crippen LogP contribution in [0.3, 0.4) is 0 Å². The van der Waals surface area contributed by atoms with Gasteiger partial charge in [0.2, 0.25) is 0 Å². The lowest BCUT2D eigenvalue weighted by Crippen LogP contribution is -2.44. The minimum atomic E-state index is 0. The predicted octanol–water partition coefficient (Wildman–Crippen LogP) is 5.33. The molecular formula is C26H26Cl2N8S. The minimum Gasteiger partial charge on any atom is -0.355 e. The van der Waals surface area contributed by atoms with Crippen molar-refractivity contribution in [2.75, 3.05) is 18.0 Å². The third-order valence-electron chi connectivity index (χ3n) is 7.89. The summed E-state index contributed by atoms with van der Waals surface area (Å²) in [4.78, 5) is 22.3. The Morgan fingerprint density at radius 2 is 1.84 bits per heavy atom. The van der Waals surface area contributed by atoms with Crippen molar-refractivity contribution in [3.63, 3.8) is 0 Å². The second kappa shape index (κ2) is 8.87. The third kappa shape index (κ3) is 3.63. The van der Waals surface area contributed by atoms with Crippen molar-refractivity contribution in [1.29, 1.82) is 0 Å². The van der Waals surface area contributed by atoms with Crippen LogP contribution >= 0.6 is 35.3 Å². The van der Waals surface area contributed by atoms with E-state index < -0.39 is 0 Å².